The first-order valence-corrected chi connectivity index (χ1v) is 8.42. The number of aromatic nitrogens is 1. The van der Waals surface area contributed by atoms with E-state index < -0.39 is 10.0 Å². The maximum Gasteiger partial charge on any atom is 0.242 e. The molecule has 0 bridgehead atoms. The van der Waals surface area contributed by atoms with Crippen LogP contribution in [-0.4, -0.2) is 33.2 Å². The van der Waals surface area contributed by atoms with Crippen molar-refractivity contribution in [3.63, 3.8) is 0 Å². The minimum atomic E-state index is -3.66. The molecule has 0 amide bonds. The molecule has 0 saturated carbocycles. The van der Waals surface area contributed by atoms with Crippen LogP contribution < -0.4 is 16.0 Å². The quantitative estimate of drug-likeness (QED) is 0.357. The van der Waals surface area contributed by atoms with Gasteiger partial charge in [0.25, 0.3) is 0 Å². The molecule has 1 heterocycles. The zero-order valence-corrected chi connectivity index (χ0v) is 13.7. The molecule has 21 heavy (non-hydrogen) atoms. The Bertz CT molecular complexity index is 551. The number of hydrogen-bond acceptors (Lipinski definition) is 6. The van der Waals surface area contributed by atoms with Crippen molar-refractivity contribution in [1.29, 1.82) is 0 Å². The maximum absolute atomic E-state index is 12.0. The molecule has 120 valence electrons. The van der Waals surface area contributed by atoms with E-state index in [0.29, 0.717) is 19.1 Å². The highest BCUT2D eigenvalue weighted by atomic mass is 35.5. The third-order valence-electron chi connectivity index (χ3n) is 2.64. The van der Waals surface area contributed by atoms with Gasteiger partial charge in [-0.15, -0.1) is 0 Å². The lowest BCUT2D eigenvalue weighted by Crippen LogP contribution is -2.28. The predicted molar refractivity (Wildman–Crippen MR) is 82.5 cm³/mol. The summed E-state index contributed by atoms with van der Waals surface area (Å²) in [5.74, 6) is 5.95. The van der Waals surface area contributed by atoms with Crippen LogP contribution in [0, 0.1) is 5.92 Å². The fourth-order valence-electron chi connectivity index (χ4n) is 1.43. The monoisotopic (exact) mass is 336 g/mol. The van der Waals surface area contributed by atoms with E-state index in [1.165, 1.54) is 12.3 Å². The number of pyridine rings is 1. The topological polar surface area (TPSA) is 106 Å². The summed E-state index contributed by atoms with van der Waals surface area (Å²) in [6, 6.07) is 1.28. The smallest absolute Gasteiger partial charge is 0.242 e. The standard InChI is InChI=1S/C12H21ClN4O3S/c1-9(2)3-5-20-6-4-16-21(18,19)10-7-11(13)12(17-14)15-8-10/h7-9,16H,3-6,14H2,1-2H3,(H,15,17). The van der Waals surface area contributed by atoms with Crippen LogP contribution in [0.25, 0.3) is 0 Å². The number of nitrogens with one attached hydrogen (secondary N) is 2. The number of sulfonamides is 1. The highest BCUT2D eigenvalue weighted by molar-refractivity contribution is 7.89. The van der Waals surface area contributed by atoms with Gasteiger partial charge in [-0.05, 0) is 18.4 Å². The molecule has 0 fully saturated rings. The van der Waals surface area contributed by atoms with Crippen LogP contribution in [-0.2, 0) is 14.8 Å². The number of hydrazine groups is 1. The number of rotatable bonds is 9. The normalized spacial score (nSPS) is 11.9. The second-order valence-corrected chi connectivity index (χ2v) is 7.01. The van der Waals surface area contributed by atoms with E-state index >= 15 is 0 Å². The molecule has 1 rings (SSSR count). The molecule has 0 aliphatic carbocycles. The van der Waals surface area contributed by atoms with E-state index in [1.807, 2.05) is 0 Å². The number of nitrogens with two attached hydrogens (primary N) is 1. The Morgan fingerprint density at radius 1 is 1.43 bits per heavy atom. The molecule has 0 aromatic carbocycles. The number of nitrogens with zero attached hydrogens (tertiary/aromatic N) is 1. The second-order valence-electron chi connectivity index (χ2n) is 4.84. The van der Waals surface area contributed by atoms with Crippen LogP contribution in [0.1, 0.15) is 20.3 Å². The molecule has 1 aromatic rings. The lowest BCUT2D eigenvalue weighted by Gasteiger charge is -2.09. The third kappa shape index (κ3) is 6.15. The Morgan fingerprint density at radius 3 is 2.71 bits per heavy atom. The van der Waals surface area contributed by atoms with Gasteiger partial charge in [0.15, 0.2) is 5.82 Å². The van der Waals surface area contributed by atoms with Crippen molar-refractivity contribution in [3.8, 4) is 0 Å². The van der Waals surface area contributed by atoms with Crippen LogP contribution in [0.4, 0.5) is 5.82 Å². The highest BCUT2D eigenvalue weighted by Gasteiger charge is 2.15. The second kappa shape index (κ2) is 8.50. The zero-order chi connectivity index (χ0) is 15.9. The number of nitrogen functional groups attached to an aromatic ring is 1. The Morgan fingerprint density at radius 2 is 2.14 bits per heavy atom. The van der Waals surface area contributed by atoms with Crippen molar-refractivity contribution in [2.75, 3.05) is 25.2 Å². The molecular weight excluding hydrogens is 316 g/mol. The Labute approximate surface area is 130 Å². The van der Waals surface area contributed by atoms with E-state index in [2.05, 4.69) is 29.0 Å². The van der Waals surface area contributed by atoms with Crippen LogP contribution in [0.15, 0.2) is 17.2 Å². The van der Waals surface area contributed by atoms with Crippen molar-refractivity contribution in [3.05, 3.63) is 17.3 Å². The summed E-state index contributed by atoms with van der Waals surface area (Å²) in [5, 5.41) is 0.133. The first-order valence-electron chi connectivity index (χ1n) is 6.56. The molecule has 9 heteroatoms. The molecule has 0 saturated heterocycles. The minimum Gasteiger partial charge on any atom is -0.380 e. The molecule has 1 aromatic heterocycles. The summed E-state index contributed by atoms with van der Waals surface area (Å²) >= 11 is 5.85. The van der Waals surface area contributed by atoms with Gasteiger partial charge >= 0.3 is 0 Å². The van der Waals surface area contributed by atoms with Gasteiger partial charge in [-0.2, -0.15) is 0 Å². The van der Waals surface area contributed by atoms with Crippen LogP contribution >= 0.6 is 11.6 Å². The lowest BCUT2D eigenvalue weighted by molar-refractivity contribution is 0.128. The van der Waals surface area contributed by atoms with Crippen molar-refractivity contribution >= 4 is 27.4 Å². The summed E-state index contributed by atoms with van der Waals surface area (Å²) in [6.07, 6.45) is 2.13. The summed E-state index contributed by atoms with van der Waals surface area (Å²) in [4.78, 5) is 3.80. The summed E-state index contributed by atoms with van der Waals surface area (Å²) in [7, 11) is -3.66. The Kier molecular flexibility index (Phi) is 7.33. The molecule has 0 spiro atoms. The van der Waals surface area contributed by atoms with Gasteiger partial charge in [-0.25, -0.2) is 24.0 Å². The lowest BCUT2D eigenvalue weighted by atomic mass is 10.1. The van der Waals surface area contributed by atoms with E-state index in [9.17, 15) is 8.42 Å². The van der Waals surface area contributed by atoms with Crippen molar-refractivity contribution in [2.45, 2.75) is 25.2 Å². The van der Waals surface area contributed by atoms with Gasteiger partial charge in [0, 0.05) is 19.3 Å². The van der Waals surface area contributed by atoms with Gasteiger partial charge in [-0.3, -0.25) is 0 Å². The van der Waals surface area contributed by atoms with Crippen molar-refractivity contribution in [2.24, 2.45) is 11.8 Å². The minimum absolute atomic E-state index is 0.0197. The third-order valence-corrected chi connectivity index (χ3v) is 4.36. The number of halogens is 1. The van der Waals surface area contributed by atoms with Crippen LogP contribution in [0.5, 0.6) is 0 Å². The summed E-state index contributed by atoms with van der Waals surface area (Å²) in [5.41, 5.74) is 2.27. The van der Waals surface area contributed by atoms with E-state index in [1.54, 1.807) is 0 Å². The van der Waals surface area contributed by atoms with Crippen molar-refractivity contribution < 1.29 is 13.2 Å². The average molecular weight is 337 g/mol. The number of anilines is 1. The molecule has 4 N–H and O–H groups in total. The first-order chi connectivity index (χ1) is 9.86. The summed E-state index contributed by atoms with van der Waals surface area (Å²) in [6.45, 7) is 5.32. The molecule has 0 atom stereocenters. The van der Waals surface area contributed by atoms with E-state index in [-0.39, 0.29) is 22.3 Å². The fraction of sp³-hybridized carbons (Fsp3) is 0.583. The summed E-state index contributed by atoms with van der Waals surface area (Å²) < 4.78 is 31.8. The van der Waals surface area contributed by atoms with Gasteiger partial charge < -0.3 is 10.2 Å². The average Bonchev–Trinajstić information content (AvgIpc) is 2.42. The SMILES string of the molecule is CC(C)CCOCCNS(=O)(=O)c1cnc(NN)c(Cl)c1. The largest absolute Gasteiger partial charge is 0.380 e. The molecule has 0 aliphatic heterocycles. The highest BCUT2D eigenvalue weighted by Crippen LogP contribution is 2.21. The van der Waals surface area contributed by atoms with Crippen LogP contribution in [0.3, 0.4) is 0 Å². The fourth-order valence-corrected chi connectivity index (χ4v) is 2.69. The van der Waals surface area contributed by atoms with Crippen LogP contribution in [0.2, 0.25) is 5.02 Å². The maximum atomic E-state index is 12.0. The van der Waals surface area contributed by atoms with Gasteiger partial charge in [0.2, 0.25) is 10.0 Å². The van der Waals surface area contributed by atoms with E-state index in [4.69, 9.17) is 22.2 Å². The molecule has 7 nitrogen and oxygen atoms in total. The zero-order valence-electron chi connectivity index (χ0n) is 12.1. The molecule has 0 aliphatic rings. The Balaban J connectivity index is 2.48. The molecule has 0 radical (unpaired) electrons. The Hall–Kier alpha value is -0.930. The molecule has 0 unspecified atom stereocenters. The van der Waals surface area contributed by atoms with Gasteiger partial charge in [-0.1, -0.05) is 25.4 Å². The number of ether oxygens (including phenoxy) is 1. The van der Waals surface area contributed by atoms with Crippen molar-refractivity contribution in [1.82, 2.24) is 9.71 Å². The van der Waals surface area contributed by atoms with E-state index in [0.717, 1.165) is 6.42 Å². The van der Waals surface area contributed by atoms with Gasteiger partial charge in [0.1, 0.15) is 4.90 Å². The first kappa shape index (κ1) is 18.1. The molecular formula is C12H21ClN4O3S. The number of hydrogen-bond donors (Lipinski definition) is 3. The van der Waals surface area contributed by atoms with Gasteiger partial charge in [0.05, 0.1) is 11.6 Å². The predicted octanol–water partition coefficient (Wildman–Crippen LogP) is 1.36.